The van der Waals surface area contributed by atoms with Crippen molar-refractivity contribution < 1.29 is 9.53 Å². The zero-order valence-electron chi connectivity index (χ0n) is 13.5. The smallest absolute Gasteiger partial charge is 0.260 e. The van der Waals surface area contributed by atoms with E-state index in [1.807, 2.05) is 17.0 Å². The summed E-state index contributed by atoms with van der Waals surface area (Å²) in [7, 11) is 0. The van der Waals surface area contributed by atoms with Crippen LogP contribution in [0.15, 0.2) is 24.3 Å². The van der Waals surface area contributed by atoms with E-state index in [0.717, 1.165) is 31.4 Å². The number of carbonyl (C=O) groups is 1. The summed E-state index contributed by atoms with van der Waals surface area (Å²) >= 11 is 0. The molecule has 1 saturated carbocycles. The van der Waals surface area contributed by atoms with Gasteiger partial charge >= 0.3 is 0 Å². The number of hydrogen-bond donors (Lipinski definition) is 1. The van der Waals surface area contributed by atoms with Crippen LogP contribution in [0.25, 0.3) is 0 Å². The average molecular weight is 302 g/mol. The summed E-state index contributed by atoms with van der Waals surface area (Å²) in [4.78, 5) is 14.4. The lowest BCUT2D eigenvalue weighted by molar-refractivity contribution is -0.141. The van der Waals surface area contributed by atoms with Gasteiger partial charge in [0.1, 0.15) is 5.75 Å². The Labute approximate surface area is 132 Å². The first-order valence-corrected chi connectivity index (χ1v) is 8.28. The Bertz CT molecular complexity index is 531. The van der Waals surface area contributed by atoms with Crippen molar-refractivity contribution in [2.24, 2.45) is 5.73 Å². The van der Waals surface area contributed by atoms with E-state index < -0.39 is 0 Å². The molecule has 2 saturated heterocycles. The quantitative estimate of drug-likeness (QED) is 0.930. The maximum atomic E-state index is 12.4. The summed E-state index contributed by atoms with van der Waals surface area (Å²) in [6.45, 7) is 5.11. The number of carbonyl (C=O) groups excluding carboxylic acids is 1. The summed E-state index contributed by atoms with van der Waals surface area (Å²) in [5.41, 5.74) is 7.45. The first-order chi connectivity index (χ1) is 10.5. The highest BCUT2D eigenvalue weighted by Crippen LogP contribution is 2.36. The summed E-state index contributed by atoms with van der Waals surface area (Å²) in [5, 5.41) is 0. The lowest BCUT2D eigenvalue weighted by Gasteiger charge is -2.51. The van der Waals surface area contributed by atoms with E-state index in [4.69, 9.17) is 10.5 Å². The van der Waals surface area contributed by atoms with Gasteiger partial charge in [0.2, 0.25) is 0 Å². The van der Waals surface area contributed by atoms with Gasteiger partial charge in [-0.15, -0.1) is 0 Å². The third kappa shape index (κ3) is 3.12. The van der Waals surface area contributed by atoms with Crippen LogP contribution < -0.4 is 10.5 Å². The van der Waals surface area contributed by atoms with Crippen molar-refractivity contribution in [1.29, 1.82) is 0 Å². The fourth-order valence-electron chi connectivity index (χ4n) is 3.58. The molecule has 4 rings (SSSR count). The monoisotopic (exact) mass is 302 g/mol. The highest BCUT2D eigenvalue weighted by molar-refractivity contribution is 5.78. The number of ether oxygens (including phenoxy) is 1. The Morgan fingerprint density at radius 2 is 1.95 bits per heavy atom. The molecule has 0 spiro atoms. The second-order valence-electron chi connectivity index (χ2n) is 7.13. The van der Waals surface area contributed by atoms with Crippen molar-refractivity contribution in [3.63, 3.8) is 0 Å². The molecule has 1 aromatic carbocycles. The van der Waals surface area contributed by atoms with E-state index in [1.165, 1.54) is 5.56 Å². The molecule has 0 unspecified atom stereocenters. The molecule has 2 N–H and O–H groups in total. The first kappa shape index (κ1) is 15.3. The van der Waals surface area contributed by atoms with Crippen molar-refractivity contribution in [1.82, 2.24) is 4.90 Å². The largest absolute Gasteiger partial charge is 0.484 e. The van der Waals surface area contributed by atoms with Gasteiger partial charge in [-0.25, -0.2) is 0 Å². The first-order valence-electron chi connectivity index (χ1n) is 8.28. The molecule has 0 aromatic heterocycles. The Hall–Kier alpha value is -1.55. The van der Waals surface area contributed by atoms with Crippen LogP contribution in [-0.4, -0.2) is 35.5 Å². The normalized spacial score (nSPS) is 27.3. The van der Waals surface area contributed by atoms with Crippen LogP contribution in [0, 0.1) is 0 Å². The molecule has 4 heteroatoms. The molecule has 22 heavy (non-hydrogen) atoms. The molecule has 4 nitrogen and oxygen atoms in total. The van der Waals surface area contributed by atoms with E-state index in [1.54, 1.807) is 0 Å². The van der Waals surface area contributed by atoms with Crippen molar-refractivity contribution >= 4 is 5.91 Å². The minimum Gasteiger partial charge on any atom is -0.484 e. The van der Waals surface area contributed by atoms with Crippen LogP contribution in [0.3, 0.4) is 0 Å². The Morgan fingerprint density at radius 3 is 2.50 bits per heavy atom. The maximum Gasteiger partial charge on any atom is 0.260 e. The fourth-order valence-corrected chi connectivity index (χ4v) is 3.58. The number of hydrogen-bond acceptors (Lipinski definition) is 3. The third-order valence-corrected chi connectivity index (χ3v) is 5.11. The lowest BCUT2D eigenvalue weighted by atomic mass is 9.74. The number of piperidine rings is 2. The molecular formula is C18H26N2O2. The highest BCUT2D eigenvalue weighted by Gasteiger charge is 2.43. The van der Waals surface area contributed by atoms with Crippen LogP contribution in [0.2, 0.25) is 0 Å². The van der Waals surface area contributed by atoms with Crippen LogP contribution in [0.1, 0.15) is 51.0 Å². The van der Waals surface area contributed by atoms with E-state index in [0.29, 0.717) is 18.5 Å². The van der Waals surface area contributed by atoms with Gasteiger partial charge in [0, 0.05) is 18.1 Å². The van der Waals surface area contributed by atoms with Crippen LogP contribution in [-0.2, 0) is 4.79 Å². The van der Waals surface area contributed by atoms with E-state index in [2.05, 4.69) is 26.0 Å². The second-order valence-corrected chi connectivity index (χ2v) is 7.13. The number of nitrogens with two attached hydrogens (primary N) is 1. The molecule has 2 bridgehead atoms. The van der Waals surface area contributed by atoms with Crippen LogP contribution in [0.5, 0.6) is 5.75 Å². The third-order valence-electron chi connectivity index (χ3n) is 5.11. The molecule has 2 heterocycles. The number of benzene rings is 1. The van der Waals surface area contributed by atoms with Gasteiger partial charge in [-0.1, -0.05) is 26.0 Å². The molecule has 0 atom stereocenters. The van der Waals surface area contributed by atoms with Crippen LogP contribution >= 0.6 is 0 Å². The predicted octanol–water partition coefficient (Wildman–Crippen LogP) is 2.67. The Kier molecular flexibility index (Phi) is 4.13. The van der Waals surface area contributed by atoms with Crippen molar-refractivity contribution in [3.05, 3.63) is 29.8 Å². The predicted molar refractivity (Wildman–Crippen MR) is 86.9 cm³/mol. The molecule has 2 aliphatic heterocycles. The average Bonchev–Trinajstić information content (AvgIpc) is 2.53. The molecule has 1 aromatic rings. The molecule has 3 aliphatic rings. The number of nitrogens with zero attached hydrogens (tertiary/aromatic N) is 1. The van der Waals surface area contributed by atoms with Gasteiger partial charge in [0.25, 0.3) is 5.91 Å². The molecule has 0 radical (unpaired) electrons. The standard InChI is InChI=1S/C18H26N2O2/c1-13(2)14-3-5-16(6-4-14)22-11-17(21)20-12-18(19)9-7-15(20)8-10-18/h3-6,13,15H,7-12,19H2,1-2H3. The van der Waals surface area contributed by atoms with Gasteiger partial charge < -0.3 is 15.4 Å². The van der Waals surface area contributed by atoms with Gasteiger partial charge in [-0.3, -0.25) is 4.79 Å². The van der Waals surface area contributed by atoms with Crippen molar-refractivity contribution in [3.8, 4) is 5.75 Å². The molecular weight excluding hydrogens is 276 g/mol. The Morgan fingerprint density at radius 1 is 1.32 bits per heavy atom. The summed E-state index contributed by atoms with van der Waals surface area (Å²) in [5.74, 6) is 1.31. The number of rotatable bonds is 4. The van der Waals surface area contributed by atoms with E-state index >= 15 is 0 Å². The van der Waals surface area contributed by atoms with Crippen molar-refractivity contribution in [2.45, 2.75) is 57.0 Å². The molecule has 1 aliphatic carbocycles. The van der Waals surface area contributed by atoms with Crippen molar-refractivity contribution in [2.75, 3.05) is 13.2 Å². The summed E-state index contributed by atoms with van der Waals surface area (Å²) in [6.07, 6.45) is 4.15. The maximum absolute atomic E-state index is 12.4. The second kappa shape index (κ2) is 5.92. The number of amides is 1. The van der Waals surface area contributed by atoms with Crippen LogP contribution in [0.4, 0.5) is 0 Å². The summed E-state index contributed by atoms with van der Waals surface area (Å²) < 4.78 is 5.66. The zero-order chi connectivity index (χ0) is 15.7. The highest BCUT2D eigenvalue weighted by atomic mass is 16.5. The molecule has 1 amide bonds. The zero-order valence-corrected chi connectivity index (χ0v) is 13.5. The van der Waals surface area contributed by atoms with Gasteiger partial charge in [-0.2, -0.15) is 0 Å². The van der Waals surface area contributed by atoms with Gasteiger partial charge in [-0.05, 0) is 49.3 Å². The molecule has 3 fully saturated rings. The Balaban J connectivity index is 1.56. The number of fused-ring (bicyclic) bond motifs is 3. The van der Waals surface area contributed by atoms with E-state index in [-0.39, 0.29) is 18.1 Å². The summed E-state index contributed by atoms with van der Waals surface area (Å²) in [6, 6.07) is 8.36. The minimum absolute atomic E-state index is 0.0622. The molecule has 120 valence electrons. The minimum atomic E-state index is -0.163. The lowest BCUT2D eigenvalue weighted by Crippen LogP contribution is -2.64. The SMILES string of the molecule is CC(C)c1ccc(OCC(=O)N2CC3(N)CCC2CC3)cc1. The topological polar surface area (TPSA) is 55.6 Å². The van der Waals surface area contributed by atoms with Gasteiger partial charge in [0.15, 0.2) is 6.61 Å². The fraction of sp³-hybridized carbons (Fsp3) is 0.611. The van der Waals surface area contributed by atoms with Gasteiger partial charge in [0.05, 0.1) is 0 Å². The van der Waals surface area contributed by atoms with E-state index in [9.17, 15) is 4.79 Å².